The van der Waals surface area contributed by atoms with Crippen LogP contribution in [0.25, 0.3) is 0 Å². The van der Waals surface area contributed by atoms with Crippen molar-refractivity contribution in [1.29, 1.82) is 0 Å². The number of amides is 1. The van der Waals surface area contributed by atoms with Gasteiger partial charge in [0.25, 0.3) is 0 Å². The van der Waals surface area contributed by atoms with Gasteiger partial charge in [0, 0.05) is 7.05 Å². The van der Waals surface area contributed by atoms with Gasteiger partial charge in [-0.1, -0.05) is 13.5 Å². The lowest BCUT2D eigenvalue weighted by Gasteiger charge is -2.00. The number of carbonyl (C=O) groups excluding carboxylic acids is 1. The summed E-state index contributed by atoms with van der Waals surface area (Å²) in [6, 6.07) is 0. The fourth-order valence-corrected chi connectivity index (χ4v) is 0.102. The minimum atomic E-state index is -0.144. The predicted molar refractivity (Wildman–Crippen MR) is 55.7 cm³/mol. The Hall–Kier alpha value is -0.540. The van der Waals surface area contributed by atoms with Crippen molar-refractivity contribution >= 4 is 18.3 Å². The molecule has 1 amide bonds. The molecule has 0 saturated heterocycles. The highest BCUT2D eigenvalue weighted by Gasteiger charge is 1.78. The minimum absolute atomic E-state index is 0. The number of nitrogens with zero attached hydrogens (tertiary/aromatic N) is 1. The van der Waals surface area contributed by atoms with E-state index in [-0.39, 0.29) is 18.3 Å². The number of halogens is 1. The van der Waals surface area contributed by atoms with Gasteiger partial charge in [-0.2, -0.15) is 0 Å². The van der Waals surface area contributed by atoms with Crippen LogP contribution >= 0.6 is 12.4 Å². The van der Waals surface area contributed by atoms with Crippen LogP contribution in [-0.4, -0.2) is 38.5 Å². The molecule has 0 atom stereocenters. The molecule has 0 aromatic rings. The van der Waals surface area contributed by atoms with Crippen LogP contribution in [0, 0.1) is 0 Å². The van der Waals surface area contributed by atoms with Crippen LogP contribution in [0.4, 0.5) is 0 Å². The van der Waals surface area contributed by atoms with Crippen molar-refractivity contribution in [2.75, 3.05) is 27.7 Å². The first-order valence-electron chi connectivity index (χ1n) is 3.57. The zero-order valence-corrected chi connectivity index (χ0v) is 9.07. The molecule has 74 valence electrons. The van der Waals surface area contributed by atoms with Crippen LogP contribution in [0.15, 0.2) is 12.7 Å². The van der Waals surface area contributed by atoms with Crippen molar-refractivity contribution in [2.45, 2.75) is 6.92 Å². The minimum Gasteiger partial charge on any atom is -0.356 e. The molecule has 0 saturated carbocycles. The van der Waals surface area contributed by atoms with Crippen LogP contribution in [-0.2, 0) is 4.79 Å². The topological polar surface area (TPSA) is 32.3 Å². The molecule has 0 aliphatic rings. The summed E-state index contributed by atoms with van der Waals surface area (Å²) in [5.41, 5.74) is 0. The van der Waals surface area contributed by atoms with E-state index in [2.05, 4.69) is 37.8 Å². The van der Waals surface area contributed by atoms with Gasteiger partial charge in [-0.25, -0.2) is 0 Å². The number of likely N-dealkylation sites (N-methyl/N-ethyl adjacent to an activating group) is 1. The average molecular weight is 195 g/mol. The monoisotopic (exact) mass is 194 g/mol. The first-order valence-corrected chi connectivity index (χ1v) is 3.57. The average Bonchev–Trinajstić information content (AvgIpc) is 2.04. The predicted octanol–water partition coefficient (Wildman–Crippen LogP) is 0.908. The maximum Gasteiger partial charge on any atom is 0.243 e. The van der Waals surface area contributed by atoms with E-state index in [1.165, 1.54) is 6.08 Å². The Balaban J connectivity index is -0.000000126. The maximum atomic E-state index is 9.95. The van der Waals surface area contributed by atoms with Crippen LogP contribution in [0.2, 0.25) is 0 Å². The van der Waals surface area contributed by atoms with E-state index >= 15 is 0 Å². The second-order valence-electron chi connectivity index (χ2n) is 2.21. The summed E-state index contributed by atoms with van der Waals surface area (Å²) >= 11 is 0. The maximum absolute atomic E-state index is 9.95. The highest BCUT2D eigenvalue weighted by Crippen LogP contribution is 1.63. The van der Waals surface area contributed by atoms with Crippen molar-refractivity contribution in [2.24, 2.45) is 0 Å². The van der Waals surface area contributed by atoms with Crippen molar-refractivity contribution in [3.63, 3.8) is 0 Å². The third kappa shape index (κ3) is 22.7. The van der Waals surface area contributed by atoms with Gasteiger partial charge in [0.2, 0.25) is 5.91 Å². The zero-order valence-electron chi connectivity index (χ0n) is 8.26. The van der Waals surface area contributed by atoms with Crippen molar-refractivity contribution in [1.82, 2.24) is 10.2 Å². The second-order valence-corrected chi connectivity index (χ2v) is 2.21. The summed E-state index contributed by atoms with van der Waals surface area (Å²) in [5, 5.41) is 2.36. The van der Waals surface area contributed by atoms with Crippen LogP contribution < -0.4 is 5.32 Å². The van der Waals surface area contributed by atoms with Gasteiger partial charge in [0.1, 0.15) is 0 Å². The van der Waals surface area contributed by atoms with E-state index in [0.29, 0.717) is 0 Å². The molecule has 0 bridgehead atoms. The lowest BCUT2D eigenvalue weighted by Crippen LogP contribution is -2.13. The molecule has 0 heterocycles. The third-order valence-corrected chi connectivity index (χ3v) is 1.06. The molecule has 3 nitrogen and oxygen atoms in total. The fraction of sp³-hybridized carbons (Fsp3) is 0.625. The highest BCUT2D eigenvalue weighted by atomic mass is 35.5. The van der Waals surface area contributed by atoms with Crippen molar-refractivity contribution in [3.8, 4) is 0 Å². The summed E-state index contributed by atoms with van der Waals surface area (Å²) in [6.07, 6.45) is 1.22. The van der Waals surface area contributed by atoms with E-state index in [1.807, 2.05) is 0 Å². The van der Waals surface area contributed by atoms with Crippen LogP contribution in [0.1, 0.15) is 6.92 Å². The Morgan fingerprint density at radius 2 is 1.92 bits per heavy atom. The first-order chi connectivity index (χ1) is 5.08. The molecule has 4 heteroatoms. The summed E-state index contributed by atoms with van der Waals surface area (Å²) in [4.78, 5) is 12.1. The number of rotatable bonds is 2. The molecule has 0 unspecified atom stereocenters. The molecule has 1 N–H and O–H groups in total. The van der Waals surface area contributed by atoms with Gasteiger partial charge < -0.3 is 10.2 Å². The van der Waals surface area contributed by atoms with E-state index in [1.54, 1.807) is 7.05 Å². The molecule has 0 aromatic carbocycles. The first kappa shape index (κ1) is 17.5. The molecule has 0 aliphatic carbocycles. The SMILES string of the molecule is C=CC(=O)NC.CCN(C)C.Cl. The molecular formula is C8H19ClN2O. The highest BCUT2D eigenvalue weighted by molar-refractivity contribution is 5.86. The zero-order chi connectivity index (χ0) is 9.28. The molecule has 0 radical (unpaired) electrons. The molecule has 12 heavy (non-hydrogen) atoms. The van der Waals surface area contributed by atoms with E-state index in [4.69, 9.17) is 0 Å². The van der Waals surface area contributed by atoms with E-state index in [9.17, 15) is 4.79 Å². The molecule has 0 spiro atoms. The van der Waals surface area contributed by atoms with Gasteiger partial charge >= 0.3 is 0 Å². The Kier molecular flexibility index (Phi) is 19.1. The number of hydrogen-bond donors (Lipinski definition) is 1. The number of hydrogen-bond acceptors (Lipinski definition) is 2. The van der Waals surface area contributed by atoms with Crippen LogP contribution in [0.5, 0.6) is 0 Å². The van der Waals surface area contributed by atoms with Crippen molar-refractivity contribution in [3.05, 3.63) is 12.7 Å². The standard InChI is InChI=1S/C4H7NO.C4H11N.ClH/c1-3-4(6)5-2;1-4-5(2)3;/h3H,1H2,2H3,(H,5,6);4H2,1-3H3;1H. The quantitative estimate of drug-likeness (QED) is 0.663. The van der Waals surface area contributed by atoms with E-state index in [0.717, 1.165) is 6.54 Å². The van der Waals surface area contributed by atoms with Gasteiger partial charge in [0.05, 0.1) is 0 Å². The lowest BCUT2D eigenvalue weighted by molar-refractivity contribution is -0.116. The number of carbonyl (C=O) groups is 1. The third-order valence-electron chi connectivity index (χ3n) is 1.06. The smallest absolute Gasteiger partial charge is 0.243 e. The van der Waals surface area contributed by atoms with Gasteiger partial charge in [-0.3, -0.25) is 4.79 Å². The fourth-order valence-electron chi connectivity index (χ4n) is 0.102. The van der Waals surface area contributed by atoms with Gasteiger partial charge in [-0.05, 0) is 26.7 Å². The molecule has 0 aromatic heterocycles. The molecule has 0 rings (SSSR count). The Labute approximate surface area is 81.2 Å². The molecular weight excluding hydrogens is 176 g/mol. The number of nitrogens with one attached hydrogen (secondary N) is 1. The largest absolute Gasteiger partial charge is 0.356 e. The Bertz CT molecular complexity index is 116. The van der Waals surface area contributed by atoms with Crippen molar-refractivity contribution < 1.29 is 4.79 Å². The van der Waals surface area contributed by atoms with Gasteiger partial charge in [-0.15, -0.1) is 12.4 Å². The molecule has 0 aliphatic heterocycles. The summed E-state index contributed by atoms with van der Waals surface area (Å²) in [6.45, 7) is 6.48. The summed E-state index contributed by atoms with van der Waals surface area (Å²) in [7, 11) is 5.67. The Morgan fingerprint density at radius 3 is 1.92 bits per heavy atom. The Morgan fingerprint density at radius 1 is 1.58 bits per heavy atom. The normalized spacial score (nSPS) is 7.42. The molecule has 0 fully saturated rings. The second kappa shape index (κ2) is 13.1. The van der Waals surface area contributed by atoms with Crippen LogP contribution in [0.3, 0.4) is 0 Å². The summed E-state index contributed by atoms with van der Waals surface area (Å²) < 4.78 is 0. The lowest BCUT2D eigenvalue weighted by atomic mass is 10.6. The van der Waals surface area contributed by atoms with E-state index < -0.39 is 0 Å². The summed E-state index contributed by atoms with van der Waals surface area (Å²) in [5.74, 6) is -0.144. The van der Waals surface area contributed by atoms with Gasteiger partial charge in [0.15, 0.2) is 0 Å².